The number of para-hydroxylation sites is 2. The first-order valence-corrected chi connectivity index (χ1v) is 8.46. The lowest BCUT2D eigenvalue weighted by Crippen LogP contribution is -2.39. The van der Waals surface area contributed by atoms with E-state index in [1.165, 1.54) is 6.07 Å². The average Bonchev–Trinajstić information content (AvgIpc) is 2.98. The van der Waals surface area contributed by atoms with Crippen LogP contribution >= 0.6 is 11.3 Å². The summed E-state index contributed by atoms with van der Waals surface area (Å²) in [5, 5.41) is 3.58. The Morgan fingerprint density at radius 3 is 2.71 bits per heavy atom. The van der Waals surface area contributed by atoms with E-state index in [2.05, 4.69) is 10.3 Å². The van der Waals surface area contributed by atoms with Crippen molar-refractivity contribution < 1.29 is 9.18 Å². The molecule has 2 aromatic carbocycles. The molecule has 1 aromatic heterocycles. The van der Waals surface area contributed by atoms with E-state index in [4.69, 9.17) is 0 Å². The summed E-state index contributed by atoms with van der Waals surface area (Å²) in [5.41, 5.74) is 1.16. The van der Waals surface area contributed by atoms with Crippen molar-refractivity contribution in [2.24, 2.45) is 0 Å². The predicted molar refractivity (Wildman–Crippen MR) is 95.6 cm³/mol. The van der Waals surface area contributed by atoms with Crippen LogP contribution in [0.15, 0.2) is 48.5 Å². The molecule has 1 N–H and O–H groups in total. The Hall–Kier alpha value is -2.31. The molecule has 6 heteroatoms. The van der Waals surface area contributed by atoms with Gasteiger partial charge >= 0.3 is 0 Å². The molecule has 0 spiro atoms. The minimum atomic E-state index is -0.438. The van der Waals surface area contributed by atoms with E-state index in [0.29, 0.717) is 6.54 Å². The zero-order valence-corrected chi connectivity index (χ0v) is 14.3. The van der Waals surface area contributed by atoms with Gasteiger partial charge in [-0.3, -0.25) is 9.69 Å². The van der Waals surface area contributed by atoms with Gasteiger partial charge in [-0.1, -0.05) is 24.3 Å². The number of nitrogens with zero attached hydrogens (tertiary/aromatic N) is 2. The Morgan fingerprint density at radius 2 is 1.96 bits per heavy atom. The second-order valence-electron chi connectivity index (χ2n) is 5.64. The molecule has 3 aromatic rings. The van der Waals surface area contributed by atoms with Crippen molar-refractivity contribution in [3.63, 3.8) is 0 Å². The van der Waals surface area contributed by atoms with Gasteiger partial charge in [-0.25, -0.2) is 9.37 Å². The van der Waals surface area contributed by atoms with Crippen LogP contribution in [0.1, 0.15) is 11.9 Å². The number of likely N-dealkylation sites (N-methyl/N-ethyl adjacent to an activating group) is 1. The van der Waals surface area contributed by atoms with Crippen LogP contribution in [-0.4, -0.2) is 28.9 Å². The zero-order chi connectivity index (χ0) is 17.1. The van der Waals surface area contributed by atoms with E-state index in [1.54, 1.807) is 36.5 Å². The first-order valence-electron chi connectivity index (χ1n) is 7.64. The molecule has 1 amide bonds. The minimum Gasteiger partial charge on any atom is -0.322 e. The summed E-state index contributed by atoms with van der Waals surface area (Å²) in [4.78, 5) is 18.8. The van der Waals surface area contributed by atoms with Gasteiger partial charge in [0, 0.05) is 0 Å². The van der Waals surface area contributed by atoms with Crippen molar-refractivity contribution in [3.05, 3.63) is 59.4 Å². The van der Waals surface area contributed by atoms with Crippen LogP contribution in [0.2, 0.25) is 0 Å². The molecule has 1 atom stereocenters. The molecule has 4 nitrogen and oxygen atoms in total. The number of rotatable bonds is 5. The van der Waals surface area contributed by atoms with Gasteiger partial charge in [0.25, 0.3) is 0 Å². The number of anilines is 1. The highest BCUT2D eigenvalue weighted by Crippen LogP contribution is 2.23. The molecule has 0 bridgehead atoms. The summed E-state index contributed by atoms with van der Waals surface area (Å²) < 4.78 is 14.8. The van der Waals surface area contributed by atoms with Gasteiger partial charge in [0.2, 0.25) is 5.91 Å². The van der Waals surface area contributed by atoms with E-state index in [1.807, 2.05) is 36.2 Å². The van der Waals surface area contributed by atoms with Gasteiger partial charge in [0.05, 0.1) is 28.5 Å². The van der Waals surface area contributed by atoms with E-state index < -0.39 is 11.9 Å². The lowest BCUT2D eigenvalue weighted by Gasteiger charge is -2.22. The standard InChI is InChI=1S/C18H18FN3OS/c1-12(18(23)21-14-8-4-3-7-13(14)19)22(2)11-17-20-15-9-5-6-10-16(15)24-17/h3-10,12H,11H2,1-2H3,(H,21,23). The summed E-state index contributed by atoms with van der Waals surface area (Å²) >= 11 is 1.62. The van der Waals surface area contributed by atoms with Crippen LogP contribution in [0, 0.1) is 5.82 Å². The SMILES string of the molecule is CC(C(=O)Nc1ccccc1F)N(C)Cc1nc2ccccc2s1. The molecule has 0 aliphatic carbocycles. The molecule has 124 valence electrons. The fourth-order valence-electron chi connectivity index (χ4n) is 2.34. The summed E-state index contributed by atoms with van der Waals surface area (Å²) in [7, 11) is 1.86. The number of fused-ring (bicyclic) bond motifs is 1. The van der Waals surface area contributed by atoms with Crippen LogP contribution in [0.25, 0.3) is 10.2 Å². The van der Waals surface area contributed by atoms with Crippen LogP contribution in [0.3, 0.4) is 0 Å². The maximum Gasteiger partial charge on any atom is 0.241 e. The molecule has 24 heavy (non-hydrogen) atoms. The highest BCUT2D eigenvalue weighted by atomic mass is 32.1. The average molecular weight is 343 g/mol. The third kappa shape index (κ3) is 3.60. The minimum absolute atomic E-state index is 0.197. The maximum absolute atomic E-state index is 13.6. The van der Waals surface area contributed by atoms with Crippen molar-refractivity contribution in [3.8, 4) is 0 Å². The highest BCUT2D eigenvalue weighted by molar-refractivity contribution is 7.18. The number of carbonyl (C=O) groups excluding carboxylic acids is 1. The van der Waals surface area contributed by atoms with Crippen LogP contribution in [0.4, 0.5) is 10.1 Å². The van der Waals surface area contributed by atoms with Crippen molar-refractivity contribution >= 4 is 33.1 Å². The highest BCUT2D eigenvalue weighted by Gasteiger charge is 2.20. The fraction of sp³-hybridized carbons (Fsp3) is 0.222. The number of thiazole rings is 1. The number of amides is 1. The summed E-state index contributed by atoms with van der Waals surface area (Å²) in [5.74, 6) is -0.685. The first kappa shape index (κ1) is 16.5. The van der Waals surface area contributed by atoms with E-state index >= 15 is 0 Å². The van der Waals surface area contributed by atoms with Gasteiger partial charge in [0.15, 0.2) is 0 Å². The predicted octanol–water partition coefficient (Wildman–Crippen LogP) is 3.89. The number of hydrogen-bond donors (Lipinski definition) is 1. The Morgan fingerprint density at radius 1 is 1.25 bits per heavy atom. The van der Waals surface area contributed by atoms with Crippen LogP contribution in [0.5, 0.6) is 0 Å². The largest absolute Gasteiger partial charge is 0.322 e. The number of nitrogens with one attached hydrogen (secondary N) is 1. The molecule has 0 fully saturated rings. The van der Waals surface area contributed by atoms with E-state index in [0.717, 1.165) is 15.2 Å². The molecule has 0 aliphatic rings. The molecule has 0 aliphatic heterocycles. The molecule has 0 saturated heterocycles. The van der Waals surface area contributed by atoms with E-state index in [-0.39, 0.29) is 11.6 Å². The lowest BCUT2D eigenvalue weighted by molar-refractivity contribution is -0.120. The molecular weight excluding hydrogens is 325 g/mol. The second-order valence-corrected chi connectivity index (χ2v) is 6.75. The number of hydrogen-bond acceptors (Lipinski definition) is 4. The molecular formula is C18H18FN3OS. The van der Waals surface area contributed by atoms with Crippen molar-refractivity contribution in [2.75, 3.05) is 12.4 Å². The topological polar surface area (TPSA) is 45.2 Å². The van der Waals surface area contributed by atoms with Gasteiger partial charge in [0.1, 0.15) is 10.8 Å². The van der Waals surface area contributed by atoms with Gasteiger partial charge in [-0.05, 0) is 38.2 Å². The monoisotopic (exact) mass is 343 g/mol. The lowest BCUT2D eigenvalue weighted by atomic mass is 10.2. The molecule has 0 radical (unpaired) electrons. The van der Waals surface area contributed by atoms with Crippen molar-refractivity contribution in [2.45, 2.75) is 19.5 Å². The van der Waals surface area contributed by atoms with Crippen molar-refractivity contribution in [1.29, 1.82) is 0 Å². The maximum atomic E-state index is 13.6. The van der Waals surface area contributed by atoms with E-state index in [9.17, 15) is 9.18 Å². The number of aromatic nitrogens is 1. The Balaban J connectivity index is 1.66. The van der Waals surface area contributed by atoms with Crippen LogP contribution < -0.4 is 5.32 Å². The summed E-state index contributed by atoms with van der Waals surface area (Å²) in [6.45, 7) is 2.36. The number of halogens is 1. The summed E-state index contributed by atoms with van der Waals surface area (Å²) in [6, 6.07) is 13.7. The Bertz CT molecular complexity index is 831. The Kier molecular flexibility index (Phi) is 4.87. The smallest absolute Gasteiger partial charge is 0.241 e. The normalized spacial score (nSPS) is 12.5. The molecule has 0 saturated carbocycles. The van der Waals surface area contributed by atoms with Crippen LogP contribution in [-0.2, 0) is 11.3 Å². The zero-order valence-electron chi connectivity index (χ0n) is 13.5. The second kappa shape index (κ2) is 7.07. The van der Waals surface area contributed by atoms with Gasteiger partial charge in [-0.15, -0.1) is 11.3 Å². The molecule has 1 unspecified atom stereocenters. The fourth-order valence-corrected chi connectivity index (χ4v) is 3.37. The molecule has 3 rings (SSSR count). The molecule has 1 heterocycles. The third-order valence-electron chi connectivity index (χ3n) is 3.90. The first-order chi connectivity index (χ1) is 11.5. The van der Waals surface area contributed by atoms with Gasteiger partial charge in [-0.2, -0.15) is 0 Å². The van der Waals surface area contributed by atoms with Crippen molar-refractivity contribution in [1.82, 2.24) is 9.88 Å². The number of carbonyl (C=O) groups is 1. The Labute approximate surface area is 143 Å². The third-order valence-corrected chi connectivity index (χ3v) is 4.92. The number of benzene rings is 2. The quantitative estimate of drug-likeness (QED) is 0.764. The van der Waals surface area contributed by atoms with Gasteiger partial charge < -0.3 is 5.32 Å². The summed E-state index contributed by atoms with van der Waals surface area (Å²) in [6.07, 6.45) is 0.